The minimum Gasteiger partial charge on any atom is -0.496 e. The molecule has 1 aromatic heterocycles. The van der Waals surface area contributed by atoms with Gasteiger partial charge in [0.2, 0.25) is 0 Å². The summed E-state index contributed by atoms with van der Waals surface area (Å²) in [5, 5.41) is 0. The molecule has 0 amide bonds. The maximum atomic E-state index is 5.38. The molecular formula is C11H11NOS. The number of hydrogen-bond acceptors (Lipinski definition) is 3. The molecule has 0 atom stereocenters. The van der Waals surface area contributed by atoms with Gasteiger partial charge in [-0.05, 0) is 18.6 Å². The number of hydrogen-bond donors (Lipinski definition) is 0. The van der Waals surface area contributed by atoms with Crippen LogP contribution in [0.1, 0.15) is 5.56 Å². The van der Waals surface area contributed by atoms with Gasteiger partial charge in [-0.25, -0.2) is 0 Å². The predicted octanol–water partition coefficient (Wildman–Crippen LogP) is 3.13. The van der Waals surface area contributed by atoms with Crippen molar-refractivity contribution in [2.24, 2.45) is 0 Å². The lowest BCUT2D eigenvalue weighted by atomic mass is 10.1. The second-order valence-corrected chi connectivity index (χ2v) is 3.91. The molecule has 0 aliphatic carbocycles. The zero-order valence-electron chi connectivity index (χ0n) is 8.15. The minimum atomic E-state index is 0.941. The van der Waals surface area contributed by atoms with Gasteiger partial charge in [0.15, 0.2) is 0 Å². The minimum absolute atomic E-state index is 0.941. The van der Waals surface area contributed by atoms with Crippen molar-refractivity contribution in [3.63, 3.8) is 0 Å². The van der Waals surface area contributed by atoms with Crippen LogP contribution in [0.15, 0.2) is 29.9 Å². The van der Waals surface area contributed by atoms with Crippen molar-refractivity contribution in [1.29, 1.82) is 0 Å². The summed E-state index contributed by atoms with van der Waals surface area (Å²) in [4.78, 5) is 5.21. The third kappa shape index (κ3) is 1.51. The second kappa shape index (κ2) is 3.80. The third-order valence-corrected chi connectivity index (χ3v) is 2.92. The quantitative estimate of drug-likeness (QED) is 0.751. The first-order chi connectivity index (χ1) is 6.83. The SMILES string of the molecule is COc1c(C)cccc1-c1cncs1. The number of aryl methyl sites for hydroxylation is 1. The molecule has 1 aromatic carbocycles. The Morgan fingerprint density at radius 3 is 2.86 bits per heavy atom. The van der Waals surface area contributed by atoms with E-state index in [4.69, 9.17) is 4.74 Å². The number of thiazole rings is 1. The van der Waals surface area contributed by atoms with E-state index in [-0.39, 0.29) is 0 Å². The lowest BCUT2D eigenvalue weighted by Gasteiger charge is -2.08. The van der Waals surface area contributed by atoms with Gasteiger partial charge in [-0.3, -0.25) is 4.98 Å². The monoisotopic (exact) mass is 205 g/mol. The van der Waals surface area contributed by atoms with Gasteiger partial charge in [-0.2, -0.15) is 0 Å². The van der Waals surface area contributed by atoms with Gasteiger partial charge in [0.05, 0.1) is 17.5 Å². The molecule has 0 aliphatic heterocycles. The topological polar surface area (TPSA) is 22.1 Å². The van der Waals surface area contributed by atoms with Crippen LogP contribution >= 0.6 is 11.3 Å². The lowest BCUT2D eigenvalue weighted by Crippen LogP contribution is -1.89. The molecule has 1 heterocycles. The predicted molar refractivity (Wildman–Crippen MR) is 58.8 cm³/mol. The largest absolute Gasteiger partial charge is 0.496 e. The molecule has 0 saturated heterocycles. The number of benzene rings is 1. The Morgan fingerprint density at radius 2 is 2.21 bits per heavy atom. The van der Waals surface area contributed by atoms with Crippen LogP contribution in [0.2, 0.25) is 0 Å². The second-order valence-electron chi connectivity index (χ2n) is 3.02. The van der Waals surface area contributed by atoms with Gasteiger partial charge in [-0.1, -0.05) is 12.1 Å². The summed E-state index contributed by atoms with van der Waals surface area (Å²) in [5.41, 5.74) is 4.10. The van der Waals surface area contributed by atoms with Crippen LogP contribution in [0, 0.1) is 6.92 Å². The first kappa shape index (κ1) is 9.21. The number of para-hydroxylation sites is 1. The van der Waals surface area contributed by atoms with Crippen molar-refractivity contribution in [3.05, 3.63) is 35.5 Å². The van der Waals surface area contributed by atoms with Crippen molar-refractivity contribution in [2.45, 2.75) is 6.92 Å². The molecule has 0 fully saturated rings. The molecule has 0 saturated carbocycles. The van der Waals surface area contributed by atoms with Crippen LogP contribution in [0.3, 0.4) is 0 Å². The standard InChI is InChI=1S/C11H11NOS/c1-8-4-3-5-9(11(8)13-2)10-6-12-7-14-10/h3-7H,1-2H3. The third-order valence-electron chi connectivity index (χ3n) is 2.11. The van der Waals surface area contributed by atoms with E-state index in [0.717, 1.165) is 21.8 Å². The highest BCUT2D eigenvalue weighted by Gasteiger charge is 2.08. The summed E-state index contributed by atoms with van der Waals surface area (Å²) in [6.45, 7) is 2.05. The van der Waals surface area contributed by atoms with Gasteiger partial charge in [0, 0.05) is 11.8 Å². The normalized spacial score (nSPS) is 10.1. The summed E-state index contributed by atoms with van der Waals surface area (Å²) in [5.74, 6) is 0.941. The van der Waals surface area contributed by atoms with E-state index in [1.54, 1.807) is 18.4 Å². The molecule has 14 heavy (non-hydrogen) atoms. The summed E-state index contributed by atoms with van der Waals surface area (Å²) >= 11 is 1.62. The van der Waals surface area contributed by atoms with Crippen LogP contribution in [-0.4, -0.2) is 12.1 Å². The molecule has 0 radical (unpaired) electrons. The number of aromatic nitrogens is 1. The van der Waals surface area contributed by atoms with E-state index < -0.39 is 0 Å². The zero-order chi connectivity index (χ0) is 9.97. The highest BCUT2D eigenvalue weighted by atomic mass is 32.1. The van der Waals surface area contributed by atoms with Gasteiger partial charge >= 0.3 is 0 Å². The van der Waals surface area contributed by atoms with Crippen molar-refractivity contribution in [2.75, 3.05) is 7.11 Å². The average molecular weight is 205 g/mol. The Kier molecular flexibility index (Phi) is 2.50. The van der Waals surface area contributed by atoms with Crippen molar-refractivity contribution < 1.29 is 4.74 Å². The molecule has 0 unspecified atom stereocenters. The van der Waals surface area contributed by atoms with Crippen LogP contribution in [0.25, 0.3) is 10.4 Å². The number of methoxy groups -OCH3 is 1. The molecule has 2 nitrogen and oxygen atoms in total. The molecule has 0 spiro atoms. The highest BCUT2D eigenvalue weighted by Crippen LogP contribution is 2.34. The van der Waals surface area contributed by atoms with E-state index in [1.165, 1.54) is 0 Å². The number of nitrogens with zero attached hydrogens (tertiary/aromatic N) is 1. The van der Waals surface area contributed by atoms with E-state index in [1.807, 2.05) is 30.8 Å². The first-order valence-electron chi connectivity index (χ1n) is 4.35. The van der Waals surface area contributed by atoms with E-state index in [2.05, 4.69) is 11.1 Å². The Bertz CT molecular complexity index is 423. The van der Waals surface area contributed by atoms with Crippen LogP contribution in [0.5, 0.6) is 5.75 Å². The van der Waals surface area contributed by atoms with Gasteiger partial charge in [-0.15, -0.1) is 11.3 Å². The fourth-order valence-corrected chi connectivity index (χ4v) is 2.11. The van der Waals surface area contributed by atoms with Gasteiger partial charge < -0.3 is 4.74 Å². The highest BCUT2D eigenvalue weighted by molar-refractivity contribution is 7.13. The zero-order valence-corrected chi connectivity index (χ0v) is 8.97. The van der Waals surface area contributed by atoms with Crippen molar-refractivity contribution in [1.82, 2.24) is 4.98 Å². The fraction of sp³-hybridized carbons (Fsp3) is 0.182. The molecule has 0 N–H and O–H groups in total. The molecule has 2 rings (SSSR count). The van der Waals surface area contributed by atoms with Crippen LogP contribution in [0.4, 0.5) is 0 Å². The molecule has 0 aliphatic rings. The Hall–Kier alpha value is -1.35. The Balaban J connectivity index is 2.58. The molecule has 0 bridgehead atoms. The first-order valence-corrected chi connectivity index (χ1v) is 5.23. The Labute approximate surface area is 87.2 Å². The average Bonchev–Trinajstić information content (AvgIpc) is 2.70. The summed E-state index contributed by atoms with van der Waals surface area (Å²) in [6.07, 6.45) is 1.86. The molecular weight excluding hydrogens is 194 g/mol. The van der Waals surface area contributed by atoms with Crippen molar-refractivity contribution >= 4 is 11.3 Å². The number of rotatable bonds is 2. The molecule has 72 valence electrons. The smallest absolute Gasteiger partial charge is 0.130 e. The maximum Gasteiger partial charge on any atom is 0.130 e. The summed E-state index contributed by atoms with van der Waals surface area (Å²) < 4.78 is 5.38. The molecule has 3 heteroatoms. The van der Waals surface area contributed by atoms with Gasteiger partial charge in [0.1, 0.15) is 5.75 Å². The van der Waals surface area contributed by atoms with Gasteiger partial charge in [0.25, 0.3) is 0 Å². The van der Waals surface area contributed by atoms with E-state index in [9.17, 15) is 0 Å². The lowest BCUT2D eigenvalue weighted by molar-refractivity contribution is 0.413. The molecule has 2 aromatic rings. The van der Waals surface area contributed by atoms with Crippen LogP contribution in [-0.2, 0) is 0 Å². The number of ether oxygens (including phenoxy) is 1. The van der Waals surface area contributed by atoms with E-state index in [0.29, 0.717) is 0 Å². The summed E-state index contributed by atoms with van der Waals surface area (Å²) in [6, 6.07) is 6.13. The van der Waals surface area contributed by atoms with Crippen LogP contribution < -0.4 is 4.74 Å². The fourth-order valence-electron chi connectivity index (χ4n) is 1.47. The van der Waals surface area contributed by atoms with E-state index >= 15 is 0 Å². The maximum absolute atomic E-state index is 5.38. The Morgan fingerprint density at radius 1 is 1.36 bits per heavy atom. The summed E-state index contributed by atoms with van der Waals surface area (Å²) in [7, 11) is 1.70. The van der Waals surface area contributed by atoms with Crippen molar-refractivity contribution in [3.8, 4) is 16.2 Å².